The zero-order valence-electron chi connectivity index (χ0n) is 10.3. The molecule has 0 spiro atoms. The molecule has 0 radical (unpaired) electrons. The highest BCUT2D eigenvalue weighted by Gasteiger charge is 2.24. The molecule has 1 unspecified atom stereocenters. The van der Waals surface area contributed by atoms with Gasteiger partial charge in [-0.3, -0.25) is 0 Å². The van der Waals surface area contributed by atoms with E-state index in [0.29, 0.717) is 24.3 Å². The lowest BCUT2D eigenvalue weighted by Gasteiger charge is -2.23. The molecule has 0 amide bonds. The summed E-state index contributed by atoms with van der Waals surface area (Å²) in [4.78, 5) is 0. The first-order chi connectivity index (χ1) is 8.29. The number of ether oxygens (including phenoxy) is 1. The van der Waals surface area contributed by atoms with Gasteiger partial charge in [0.2, 0.25) is 0 Å². The van der Waals surface area contributed by atoms with Crippen LogP contribution in [0.25, 0.3) is 0 Å². The SMILES string of the molecule is CNC(COc1cccc(F)c1)C1CCCC1. The third-order valence-electron chi connectivity index (χ3n) is 3.57. The van der Waals surface area contributed by atoms with Crippen LogP contribution in [-0.4, -0.2) is 19.7 Å². The summed E-state index contributed by atoms with van der Waals surface area (Å²) < 4.78 is 18.6. The molecule has 17 heavy (non-hydrogen) atoms. The minimum absolute atomic E-state index is 0.246. The number of likely N-dealkylation sites (N-methyl/N-ethyl adjacent to an activating group) is 1. The van der Waals surface area contributed by atoms with Crippen molar-refractivity contribution in [1.29, 1.82) is 0 Å². The molecule has 1 aliphatic rings. The fraction of sp³-hybridized carbons (Fsp3) is 0.571. The molecule has 1 aromatic rings. The van der Waals surface area contributed by atoms with E-state index in [1.54, 1.807) is 12.1 Å². The van der Waals surface area contributed by atoms with E-state index in [0.717, 1.165) is 0 Å². The normalized spacial score (nSPS) is 18.2. The first-order valence-corrected chi connectivity index (χ1v) is 6.35. The van der Waals surface area contributed by atoms with Gasteiger partial charge in [0.15, 0.2) is 0 Å². The summed E-state index contributed by atoms with van der Waals surface area (Å²) in [5.41, 5.74) is 0. The smallest absolute Gasteiger partial charge is 0.126 e. The molecule has 2 nitrogen and oxygen atoms in total. The highest BCUT2D eigenvalue weighted by Crippen LogP contribution is 2.28. The summed E-state index contributed by atoms with van der Waals surface area (Å²) in [5, 5.41) is 3.31. The second kappa shape index (κ2) is 6.01. The van der Waals surface area contributed by atoms with E-state index < -0.39 is 0 Å². The maximum atomic E-state index is 13.0. The Kier molecular flexibility index (Phi) is 4.37. The van der Waals surface area contributed by atoms with Gasteiger partial charge in [0, 0.05) is 12.1 Å². The Balaban J connectivity index is 1.87. The summed E-state index contributed by atoms with van der Waals surface area (Å²) in [7, 11) is 1.97. The van der Waals surface area contributed by atoms with Crippen molar-refractivity contribution in [2.45, 2.75) is 31.7 Å². The van der Waals surface area contributed by atoms with E-state index in [1.807, 2.05) is 7.05 Å². The van der Waals surface area contributed by atoms with Gasteiger partial charge in [0.05, 0.1) is 0 Å². The van der Waals surface area contributed by atoms with Crippen molar-refractivity contribution in [3.8, 4) is 5.75 Å². The van der Waals surface area contributed by atoms with Gasteiger partial charge in [0.25, 0.3) is 0 Å². The van der Waals surface area contributed by atoms with E-state index >= 15 is 0 Å². The van der Waals surface area contributed by atoms with Crippen LogP contribution in [0.3, 0.4) is 0 Å². The van der Waals surface area contributed by atoms with Crippen LogP contribution in [0.4, 0.5) is 4.39 Å². The van der Waals surface area contributed by atoms with Gasteiger partial charge in [-0.25, -0.2) is 4.39 Å². The van der Waals surface area contributed by atoms with Gasteiger partial charge in [-0.2, -0.15) is 0 Å². The summed E-state index contributed by atoms with van der Waals surface area (Å²) in [6, 6.07) is 6.71. The molecule has 0 aromatic heterocycles. The number of nitrogens with one attached hydrogen (secondary N) is 1. The van der Waals surface area contributed by atoms with Crippen molar-refractivity contribution in [3.63, 3.8) is 0 Å². The van der Waals surface area contributed by atoms with Crippen LogP contribution < -0.4 is 10.1 Å². The molecule has 3 heteroatoms. The van der Waals surface area contributed by atoms with Gasteiger partial charge < -0.3 is 10.1 Å². The van der Waals surface area contributed by atoms with Gasteiger partial charge in [-0.1, -0.05) is 18.9 Å². The van der Waals surface area contributed by atoms with Crippen LogP contribution >= 0.6 is 0 Å². The molecular weight excluding hydrogens is 217 g/mol. The molecule has 1 N–H and O–H groups in total. The van der Waals surface area contributed by atoms with Crippen LogP contribution in [0.15, 0.2) is 24.3 Å². The van der Waals surface area contributed by atoms with Crippen LogP contribution in [0, 0.1) is 11.7 Å². The molecule has 0 heterocycles. The van der Waals surface area contributed by atoms with Gasteiger partial charge in [-0.15, -0.1) is 0 Å². The van der Waals surface area contributed by atoms with Crippen molar-refractivity contribution < 1.29 is 9.13 Å². The third kappa shape index (κ3) is 3.43. The first-order valence-electron chi connectivity index (χ1n) is 6.35. The van der Waals surface area contributed by atoms with Crippen molar-refractivity contribution in [2.24, 2.45) is 5.92 Å². The van der Waals surface area contributed by atoms with Gasteiger partial charge >= 0.3 is 0 Å². The fourth-order valence-corrected chi connectivity index (χ4v) is 2.56. The fourth-order valence-electron chi connectivity index (χ4n) is 2.56. The molecular formula is C14H20FNO. The maximum Gasteiger partial charge on any atom is 0.126 e. The predicted molar refractivity (Wildman–Crippen MR) is 66.7 cm³/mol. The average Bonchev–Trinajstić information content (AvgIpc) is 2.84. The molecule has 1 saturated carbocycles. The monoisotopic (exact) mass is 237 g/mol. The molecule has 0 bridgehead atoms. The molecule has 0 saturated heterocycles. The van der Waals surface area contributed by atoms with Gasteiger partial charge in [0.1, 0.15) is 18.2 Å². The Morgan fingerprint density at radius 1 is 1.41 bits per heavy atom. The molecule has 1 atom stereocenters. The van der Waals surface area contributed by atoms with E-state index in [1.165, 1.54) is 37.8 Å². The molecule has 0 aliphatic heterocycles. The average molecular weight is 237 g/mol. The number of benzene rings is 1. The Bertz CT molecular complexity index is 350. The zero-order chi connectivity index (χ0) is 12.1. The number of rotatable bonds is 5. The second-order valence-corrected chi connectivity index (χ2v) is 4.71. The quantitative estimate of drug-likeness (QED) is 0.850. The highest BCUT2D eigenvalue weighted by molar-refractivity contribution is 5.22. The summed E-state index contributed by atoms with van der Waals surface area (Å²) in [6.07, 6.45) is 5.20. The van der Waals surface area contributed by atoms with E-state index in [4.69, 9.17) is 4.74 Å². The van der Waals surface area contributed by atoms with Crippen LogP contribution in [-0.2, 0) is 0 Å². The van der Waals surface area contributed by atoms with E-state index in [2.05, 4.69) is 5.32 Å². The minimum atomic E-state index is -0.246. The van der Waals surface area contributed by atoms with Crippen LogP contribution in [0.2, 0.25) is 0 Å². The standard InChI is InChI=1S/C14H20FNO/c1-16-14(11-5-2-3-6-11)10-17-13-8-4-7-12(15)9-13/h4,7-9,11,14,16H,2-3,5-6,10H2,1H3. The summed E-state index contributed by atoms with van der Waals surface area (Å²) in [6.45, 7) is 0.616. The van der Waals surface area contributed by atoms with E-state index in [-0.39, 0.29) is 5.82 Å². The Morgan fingerprint density at radius 3 is 2.82 bits per heavy atom. The summed E-state index contributed by atoms with van der Waals surface area (Å²) >= 11 is 0. The van der Waals surface area contributed by atoms with Crippen LogP contribution in [0.5, 0.6) is 5.75 Å². The summed E-state index contributed by atoms with van der Waals surface area (Å²) in [5.74, 6) is 1.07. The zero-order valence-corrected chi connectivity index (χ0v) is 10.3. The lowest BCUT2D eigenvalue weighted by molar-refractivity contribution is 0.224. The number of halogens is 1. The topological polar surface area (TPSA) is 21.3 Å². The molecule has 94 valence electrons. The predicted octanol–water partition coefficient (Wildman–Crippen LogP) is 2.98. The Labute approximate surface area is 102 Å². The number of hydrogen-bond acceptors (Lipinski definition) is 2. The molecule has 1 fully saturated rings. The Morgan fingerprint density at radius 2 is 2.18 bits per heavy atom. The van der Waals surface area contributed by atoms with Crippen molar-refractivity contribution in [1.82, 2.24) is 5.32 Å². The van der Waals surface area contributed by atoms with Crippen molar-refractivity contribution >= 4 is 0 Å². The largest absolute Gasteiger partial charge is 0.492 e. The highest BCUT2D eigenvalue weighted by atomic mass is 19.1. The lowest BCUT2D eigenvalue weighted by atomic mass is 9.99. The second-order valence-electron chi connectivity index (χ2n) is 4.71. The van der Waals surface area contributed by atoms with E-state index in [9.17, 15) is 4.39 Å². The lowest BCUT2D eigenvalue weighted by Crippen LogP contribution is -2.37. The van der Waals surface area contributed by atoms with Crippen molar-refractivity contribution in [2.75, 3.05) is 13.7 Å². The minimum Gasteiger partial charge on any atom is -0.492 e. The third-order valence-corrected chi connectivity index (χ3v) is 3.57. The maximum absolute atomic E-state index is 13.0. The first kappa shape index (κ1) is 12.4. The molecule has 2 rings (SSSR count). The number of hydrogen-bond donors (Lipinski definition) is 1. The Hall–Kier alpha value is -1.09. The molecule has 1 aliphatic carbocycles. The van der Waals surface area contributed by atoms with Crippen molar-refractivity contribution in [3.05, 3.63) is 30.1 Å². The molecule has 1 aromatic carbocycles. The van der Waals surface area contributed by atoms with Crippen LogP contribution in [0.1, 0.15) is 25.7 Å². The van der Waals surface area contributed by atoms with Gasteiger partial charge in [-0.05, 0) is 37.9 Å².